The molecule has 3 N–H and O–H groups in total. The van der Waals surface area contributed by atoms with E-state index in [-0.39, 0.29) is 18.0 Å². The van der Waals surface area contributed by atoms with Gasteiger partial charge in [-0.25, -0.2) is 4.99 Å². The number of carbonyl (C=O) groups is 1. The van der Waals surface area contributed by atoms with Gasteiger partial charge in [-0.15, -0.1) is 0 Å². The number of methoxy groups -OCH3 is 1. The zero-order chi connectivity index (χ0) is 19.4. The quantitative estimate of drug-likeness (QED) is 0.354. The molecule has 0 fully saturated rings. The van der Waals surface area contributed by atoms with Crippen molar-refractivity contribution in [1.29, 1.82) is 0 Å². The van der Waals surface area contributed by atoms with Crippen molar-refractivity contribution < 1.29 is 14.3 Å². The molecule has 1 rings (SSSR count). The van der Waals surface area contributed by atoms with Crippen LogP contribution in [0.25, 0.3) is 0 Å². The number of amides is 1. The van der Waals surface area contributed by atoms with E-state index in [9.17, 15) is 4.79 Å². The predicted octanol–water partition coefficient (Wildman–Crippen LogP) is 1.93. The summed E-state index contributed by atoms with van der Waals surface area (Å²) in [6, 6.07) is 7.52. The van der Waals surface area contributed by atoms with Gasteiger partial charge < -0.3 is 25.4 Å². The Morgan fingerprint density at radius 2 is 1.92 bits per heavy atom. The maximum Gasteiger partial charge on any atom is 0.242 e. The van der Waals surface area contributed by atoms with E-state index in [2.05, 4.69) is 20.9 Å². The van der Waals surface area contributed by atoms with Crippen molar-refractivity contribution in [3.05, 3.63) is 24.3 Å². The molecule has 0 unspecified atom stereocenters. The van der Waals surface area contributed by atoms with Gasteiger partial charge in [-0.05, 0) is 46.2 Å². The van der Waals surface area contributed by atoms with Crippen molar-refractivity contribution in [2.45, 2.75) is 39.7 Å². The molecule has 0 aromatic heterocycles. The maximum atomic E-state index is 11.8. The predicted molar refractivity (Wildman–Crippen MR) is 105 cm³/mol. The minimum Gasteiger partial charge on any atom is -0.497 e. The Morgan fingerprint density at radius 1 is 1.19 bits per heavy atom. The van der Waals surface area contributed by atoms with Crippen LogP contribution < -0.4 is 25.4 Å². The Bertz CT molecular complexity index is 582. The molecular weight excluding hydrogens is 332 g/mol. The normalized spacial score (nSPS) is 11.7. The number of benzene rings is 1. The molecule has 7 nitrogen and oxygen atoms in total. The highest BCUT2D eigenvalue weighted by molar-refractivity contribution is 5.85. The summed E-state index contributed by atoms with van der Waals surface area (Å²) in [5, 5.41) is 9.22. The Kier molecular flexibility index (Phi) is 9.33. The Morgan fingerprint density at radius 3 is 2.58 bits per heavy atom. The average Bonchev–Trinajstić information content (AvgIpc) is 2.58. The van der Waals surface area contributed by atoms with Crippen LogP contribution in [0, 0.1) is 0 Å². The summed E-state index contributed by atoms with van der Waals surface area (Å²) in [6.07, 6.45) is 0.801. The maximum absolute atomic E-state index is 11.8. The number of guanidine groups is 1. The molecule has 1 aromatic rings. The first-order valence-electron chi connectivity index (χ1n) is 8.94. The summed E-state index contributed by atoms with van der Waals surface area (Å²) in [7, 11) is 1.63. The molecule has 146 valence electrons. The Balaban J connectivity index is 2.34. The van der Waals surface area contributed by atoms with Crippen LogP contribution in [-0.2, 0) is 4.79 Å². The van der Waals surface area contributed by atoms with Crippen LogP contribution in [-0.4, -0.2) is 50.8 Å². The van der Waals surface area contributed by atoms with E-state index in [1.807, 2.05) is 52.0 Å². The van der Waals surface area contributed by atoms with E-state index >= 15 is 0 Å². The van der Waals surface area contributed by atoms with Gasteiger partial charge in [0.25, 0.3) is 0 Å². The molecule has 7 heteroatoms. The molecule has 1 amide bonds. The van der Waals surface area contributed by atoms with Gasteiger partial charge in [0.2, 0.25) is 5.91 Å². The highest BCUT2D eigenvalue weighted by Gasteiger charge is 2.13. The molecule has 0 radical (unpaired) electrons. The van der Waals surface area contributed by atoms with Gasteiger partial charge in [0.15, 0.2) is 5.96 Å². The third-order valence-electron chi connectivity index (χ3n) is 3.16. The molecule has 0 aliphatic rings. The van der Waals surface area contributed by atoms with Crippen molar-refractivity contribution >= 4 is 11.9 Å². The standard InChI is InChI=1S/C19H32N4O3/c1-6-20-18(22-14-17(24)23-19(2,3)4)21-11-8-12-26-16-10-7-9-15(13-16)25-5/h7,9-10,13H,6,8,11-12,14H2,1-5H3,(H,23,24)(H2,20,21,22). The average molecular weight is 364 g/mol. The number of aliphatic imine (C=N–C) groups is 1. The summed E-state index contributed by atoms with van der Waals surface area (Å²) in [5.74, 6) is 2.08. The molecule has 0 saturated carbocycles. The fourth-order valence-electron chi connectivity index (χ4n) is 2.11. The van der Waals surface area contributed by atoms with Gasteiger partial charge in [-0.1, -0.05) is 6.07 Å². The molecule has 0 saturated heterocycles. The van der Waals surface area contributed by atoms with E-state index in [1.165, 1.54) is 0 Å². The summed E-state index contributed by atoms with van der Waals surface area (Å²) < 4.78 is 10.9. The second-order valence-electron chi connectivity index (χ2n) is 6.80. The zero-order valence-corrected chi connectivity index (χ0v) is 16.5. The van der Waals surface area contributed by atoms with Gasteiger partial charge in [-0.3, -0.25) is 4.79 Å². The minimum atomic E-state index is -0.254. The lowest BCUT2D eigenvalue weighted by Gasteiger charge is -2.20. The van der Waals surface area contributed by atoms with Crippen molar-refractivity contribution in [3.8, 4) is 11.5 Å². The second kappa shape index (κ2) is 11.2. The highest BCUT2D eigenvalue weighted by Crippen LogP contribution is 2.18. The van der Waals surface area contributed by atoms with Crippen molar-refractivity contribution in [2.24, 2.45) is 4.99 Å². The first-order chi connectivity index (χ1) is 12.3. The monoisotopic (exact) mass is 364 g/mol. The zero-order valence-electron chi connectivity index (χ0n) is 16.5. The Labute approximate surface area is 156 Å². The largest absolute Gasteiger partial charge is 0.497 e. The number of rotatable bonds is 9. The lowest BCUT2D eigenvalue weighted by molar-refractivity contribution is -0.121. The summed E-state index contributed by atoms with van der Waals surface area (Å²) in [5.41, 5.74) is -0.254. The number of nitrogens with one attached hydrogen (secondary N) is 3. The van der Waals surface area contributed by atoms with E-state index in [1.54, 1.807) is 7.11 Å². The minimum absolute atomic E-state index is 0.0902. The molecular formula is C19H32N4O3. The van der Waals surface area contributed by atoms with Gasteiger partial charge >= 0.3 is 0 Å². The van der Waals surface area contributed by atoms with Crippen LogP contribution in [0.3, 0.4) is 0 Å². The Hall–Kier alpha value is -2.44. The molecule has 0 spiro atoms. The fourth-order valence-corrected chi connectivity index (χ4v) is 2.11. The van der Waals surface area contributed by atoms with Crippen molar-refractivity contribution in [3.63, 3.8) is 0 Å². The van der Waals surface area contributed by atoms with Crippen LogP contribution in [0.15, 0.2) is 29.3 Å². The van der Waals surface area contributed by atoms with E-state index in [0.717, 1.165) is 24.5 Å². The number of hydrogen-bond acceptors (Lipinski definition) is 4. The van der Waals surface area contributed by atoms with Gasteiger partial charge in [0, 0.05) is 24.7 Å². The number of nitrogens with zero attached hydrogens (tertiary/aromatic N) is 1. The second-order valence-corrected chi connectivity index (χ2v) is 6.80. The summed E-state index contributed by atoms with van der Waals surface area (Å²) in [6.45, 7) is 9.90. The van der Waals surface area contributed by atoms with Crippen LogP contribution in [0.1, 0.15) is 34.1 Å². The van der Waals surface area contributed by atoms with Gasteiger partial charge in [0.05, 0.1) is 13.7 Å². The third-order valence-corrected chi connectivity index (χ3v) is 3.16. The first kappa shape index (κ1) is 21.6. The van der Waals surface area contributed by atoms with Crippen LogP contribution in [0.2, 0.25) is 0 Å². The summed E-state index contributed by atoms with van der Waals surface area (Å²) >= 11 is 0. The van der Waals surface area contributed by atoms with E-state index < -0.39 is 0 Å². The first-order valence-corrected chi connectivity index (χ1v) is 8.94. The molecule has 0 bridgehead atoms. The lowest BCUT2D eigenvalue weighted by atomic mass is 10.1. The van der Waals surface area contributed by atoms with Crippen LogP contribution in [0.5, 0.6) is 11.5 Å². The molecule has 0 atom stereocenters. The fraction of sp³-hybridized carbons (Fsp3) is 0.579. The molecule has 26 heavy (non-hydrogen) atoms. The molecule has 0 heterocycles. The number of carbonyl (C=O) groups excluding carboxylic acids is 1. The molecule has 0 aliphatic carbocycles. The third kappa shape index (κ3) is 9.76. The van der Waals surface area contributed by atoms with Crippen molar-refractivity contribution in [2.75, 3.05) is 33.4 Å². The van der Waals surface area contributed by atoms with Crippen molar-refractivity contribution in [1.82, 2.24) is 16.0 Å². The van der Waals surface area contributed by atoms with E-state index in [4.69, 9.17) is 9.47 Å². The molecule has 1 aromatic carbocycles. The SMILES string of the molecule is CCNC(=NCC(=O)NC(C)(C)C)NCCCOc1cccc(OC)c1. The van der Waals surface area contributed by atoms with Gasteiger partial charge in [-0.2, -0.15) is 0 Å². The van der Waals surface area contributed by atoms with Gasteiger partial charge in [0.1, 0.15) is 18.0 Å². The number of hydrogen-bond donors (Lipinski definition) is 3. The van der Waals surface area contributed by atoms with Crippen LogP contribution in [0.4, 0.5) is 0 Å². The highest BCUT2D eigenvalue weighted by atomic mass is 16.5. The summed E-state index contributed by atoms with van der Waals surface area (Å²) in [4.78, 5) is 16.1. The smallest absolute Gasteiger partial charge is 0.242 e. The van der Waals surface area contributed by atoms with E-state index in [0.29, 0.717) is 19.1 Å². The molecule has 0 aliphatic heterocycles. The van der Waals surface area contributed by atoms with Crippen LogP contribution >= 0.6 is 0 Å². The topological polar surface area (TPSA) is 84.0 Å². The lowest BCUT2D eigenvalue weighted by Crippen LogP contribution is -2.43. The number of ether oxygens (including phenoxy) is 2.